The summed E-state index contributed by atoms with van der Waals surface area (Å²) in [6, 6.07) is 14.1. The molecule has 0 aromatic heterocycles. The van der Waals surface area contributed by atoms with Gasteiger partial charge in [-0.1, -0.05) is 32.0 Å². The van der Waals surface area contributed by atoms with Crippen LogP contribution < -0.4 is 15.0 Å². The molecule has 1 aliphatic heterocycles. The number of benzene rings is 2. The number of piperazine rings is 1. The summed E-state index contributed by atoms with van der Waals surface area (Å²) in [4.78, 5) is 17.0. The molecule has 2 aromatic rings. The van der Waals surface area contributed by atoms with Gasteiger partial charge in [-0.2, -0.15) is 0 Å². The minimum atomic E-state index is -0.0386. The van der Waals surface area contributed by atoms with Crippen molar-refractivity contribution in [3.8, 4) is 5.75 Å². The Labute approximate surface area is 168 Å². The zero-order valence-electron chi connectivity index (χ0n) is 17.2. The van der Waals surface area contributed by atoms with E-state index in [0.717, 1.165) is 50.5 Å². The largest absolute Gasteiger partial charge is 0.494 e. The number of carbonyl (C=O) groups excluding carboxylic acids is 1. The Morgan fingerprint density at radius 2 is 1.54 bits per heavy atom. The van der Waals surface area contributed by atoms with E-state index in [4.69, 9.17) is 4.74 Å². The van der Waals surface area contributed by atoms with Gasteiger partial charge in [0.1, 0.15) is 5.75 Å². The summed E-state index contributed by atoms with van der Waals surface area (Å²) >= 11 is 0. The zero-order valence-corrected chi connectivity index (χ0v) is 17.2. The molecule has 5 nitrogen and oxygen atoms in total. The van der Waals surface area contributed by atoms with E-state index in [1.807, 2.05) is 36.1 Å². The molecular weight excluding hydrogens is 350 g/mol. The lowest BCUT2D eigenvalue weighted by Gasteiger charge is -2.38. The summed E-state index contributed by atoms with van der Waals surface area (Å²) in [6.45, 7) is 10.2. The highest BCUT2D eigenvalue weighted by atomic mass is 16.5. The van der Waals surface area contributed by atoms with Crippen LogP contribution in [0.2, 0.25) is 0 Å². The second kappa shape index (κ2) is 9.49. The van der Waals surface area contributed by atoms with Gasteiger partial charge in [0, 0.05) is 37.6 Å². The van der Waals surface area contributed by atoms with Crippen molar-refractivity contribution in [1.82, 2.24) is 4.90 Å². The van der Waals surface area contributed by atoms with Crippen LogP contribution in [-0.4, -0.2) is 43.7 Å². The van der Waals surface area contributed by atoms with Crippen LogP contribution in [0.3, 0.4) is 0 Å². The van der Waals surface area contributed by atoms with Crippen LogP contribution in [0.25, 0.3) is 0 Å². The van der Waals surface area contributed by atoms with Gasteiger partial charge in [0.25, 0.3) is 0 Å². The molecule has 1 saturated heterocycles. The molecule has 0 spiro atoms. The number of nitrogens with one attached hydrogen (secondary N) is 1. The lowest BCUT2D eigenvalue weighted by atomic mass is 10.0. The van der Waals surface area contributed by atoms with Gasteiger partial charge in [0.05, 0.1) is 6.61 Å². The fourth-order valence-corrected chi connectivity index (χ4v) is 3.76. The SMILES string of the molecule is CCOc1ccc(NC(=O)N2CCN(c3c(CC)cccc3CC)CC2)cc1. The number of hydrogen-bond acceptors (Lipinski definition) is 3. The predicted molar refractivity (Wildman–Crippen MR) is 116 cm³/mol. The van der Waals surface area contributed by atoms with Crippen LogP contribution in [-0.2, 0) is 12.8 Å². The second-order valence-electron chi connectivity index (χ2n) is 6.99. The highest BCUT2D eigenvalue weighted by Gasteiger charge is 2.23. The van der Waals surface area contributed by atoms with Crippen molar-refractivity contribution in [1.29, 1.82) is 0 Å². The Morgan fingerprint density at radius 1 is 0.929 bits per heavy atom. The van der Waals surface area contributed by atoms with Crippen molar-refractivity contribution >= 4 is 17.4 Å². The van der Waals surface area contributed by atoms with E-state index in [1.54, 1.807) is 0 Å². The van der Waals surface area contributed by atoms with E-state index in [1.165, 1.54) is 16.8 Å². The normalized spacial score (nSPS) is 14.1. The lowest BCUT2D eigenvalue weighted by molar-refractivity contribution is 0.208. The third kappa shape index (κ3) is 4.58. The van der Waals surface area contributed by atoms with Crippen molar-refractivity contribution in [2.75, 3.05) is 43.0 Å². The fourth-order valence-electron chi connectivity index (χ4n) is 3.76. The highest BCUT2D eigenvalue weighted by Crippen LogP contribution is 2.28. The molecule has 150 valence electrons. The topological polar surface area (TPSA) is 44.8 Å². The number of carbonyl (C=O) groups is 1. The number of rotatable bonds is 6. The molecule has 5 heteroatoms. The average Bonchev–Trinajstić information content (AvgIpc) is 2.74. The van der Waals surface area contributed by atoms with E-state index < -0.39 is 0 Å². The maximum absolute atomic E-state index is 12.6. The molecule has 2 aromatic carbocycles. The van der Waals surface area contributed by atoms with Crippen molar-refractivity contribution in [2.24, 2.45) is 0 Å². The monoisotopic (exact) mass is 381 g/mol. The Kier molecular flexibility index (Phi) is 6.80. The Hall–Kier alpha value is -2.69. The Bertz CT molecular complexity index is 759. The summed E-state index contributed by atoms with van der Waals surface area (Å²) < 4.78 is 5.45. The molecule has 0 saturated carbocycles. The summed E-state index contributed by atoms with van der Waals surface area (Å²) in [7, 11) is 0. The molecular formula is C23H31N3O2. The van der Waals surface area contributed by atoms with E-state index in [-0.39, 0.29) is 6.03 Å². The number of ether oxygens (including phenoxy) is 1. The lowest BCUT2D eigenvalue weighted by Crippen LogP contribution is -2.50. The average molecular weight is 382 g/mol. The third-order valence-corrected chi connectivity index (χ3v) is 5.26. The van der Waals surface area contributed by atoms with Crippen LogP contribution in [0, 0.1) is 0 Å². The molecule has 0 bridgehead atoms. The summed E-state index contributed by atoms with van der Waals surface area (Å²) in [5.41, 5.74) is 4.96. The quantitative estimate of drug-likeness (QED) is 0.797. The van der Waals surface area contributed by atoms with Gasteiger partial charge in [-0.05, 0) is 55.2 Å². The summed E-state index contributed by atoms with van der Waals surface area (Å²) in [5.74, 6) is 0.815. The van der Waals surface area contributed by atoms with Crippen molar-refractivity contribution < 1.29 is 9.53 Å². The number of nitrogens with zero attached hydrogens (tertiary/aromatic N) is 2. The number of hydrogen-bond donors (Lipinski definition) is 1. The molecule has 0 aliphatic carbocycles. The van der Waals surface area contributed by atoms with Crippen LogP contribution in [0.4, 0.5) is 16.2 Å². The molecule has 3 rings (SSSR count). The minimum Gasteiger partial charge on any atom is -0.494 e. The fraction of sp³-hybridized carbons (Fsp3) is 0.435. The second-order valence-corrected chi connectivity index (χ2v) is 6.99. The number of anilines is 2. The Morgan fingerprint density at radius 3 is 2.07 bits per heavy atom. The van der Waals surface area contributed by atoms with Crippen molar-refractivity contribution in [3.05, 3.63) is 53.6 Å². The smallest absolute Gasteiger partial charge is 0.321 e. The van der Waals surface area contributed by atoms with Gasteiger partial charge in [-0.25, -0.2) is 4.79 Å². The summed E-state index contributed by atoms with van der Waals surface area (Å²) in [5, 5.41) is 2.99. The predicted octanol–water partition coefficient (Wildman–Crippen LogP) is 4.56. The number of amides is 2. The number of para-hydroxylation sites is 1. The van der Waals surface area contributed by atoms with Gasteiger partial charge < -0.3 is 19.9 Å². The molecule has 1 fully saturated rings. The number of urea groups is 1. The van der Waals surface area contributed by atoms with Crippen molar-refractivity contribution in [2.45, 2.75) is 33.6 Å². The molecule has 0 atom stereocenters. The Balaban J connectivity index is 1.60. The van der Waals surface area contributed by atoms with E-state index in [2.05, 4.69) is 42.3 Å². The third-order valence-electron chi connectivity index (χ3n) is 5.26. The first kappa shape index (κ1) is 20.1. The molecule has 1 N–H and O–H groups in total. The maximum atomic E-state index is 12.6. The van der Waals surface area contributed by atoms with Gasteiger partial charge in [-0.3, -0.25) is 0 Å². The highest BCUT2D eigenvalue weighted by molar-refractivity contribution is 5.89. The van der Waals surface area contributed by atoms with E-state index in [9.17, 15) is 4.79 Å². The molecule has 28 heavy (non-hydrogen) atoms. The standard InChI is InChI=1S/C23H31N3O2/c1-4-18-8-7-9-19(5-2)22(18)25-14-16-26(17-15-25)23(27)24-20-10-12-21(13-11-20)28-6-3/h7-13H,4-6,14-17H2,1-3H3,(H,24,27). The van der Waals surface area contributed by atoms with Gasteiger partial charge in [-0.15, -0.1) is 0 Å². The zero-order chi connectivity index (χ0) is 19.9. The van der Waals surface area contributed by atoms with Crippen LogP contribution >= 0.6 is 0 Å². The van der Waals surface area contributed by atoms with E-state index >= 15 is 0 Å². The number of aryl methyl sites for hydroxylation is 2. The van der Waals surface area contributed by atoms with Crippen molar-refractivity contribution in [3.63, 3.8) is 0 Å². The molecule has 0 radical (unpaired) electrons. The van der Waals surface area contributed by atoms with Gasteiger partial charge in [0.15, 0.2) is 0 Å². The maximum Gasteiger partial charge on any atom is 0.321 e. The molecule has 2 amide bonds. The summed E-state index contributed by atoms with van der Waals surface area (Å²) in [6.07, 6.45) is 2.06. The van der Waals surface area contributed by atoms with E-state index in [0.29, 0.717) is 6.61 Å². The van der Waals surface area contributed by atoms with Crippen LogP contribution in [0.5, 0.6) is 5.75 Å². The van der Waals surface area contributed by atoms with Crippen LogP contribution in [0.1, 0.15) is 31.9 Å². The minimum absolute atomic E-state index is 0.0386. The first-order chi connectivity index (χ1) is 13.7. The molecule has 1 aliphatic rings. The molecule has 1 heterocycles. The van der Waals surface area contributed by atoms with Gasteiger partial charge >= 0.3 is 6.03 Å². The first-order valence-electron chi connectivity index (χ1n) is 10.3. The van der Waals surface area contributed by atoms with Gasteiger partial charge in [0.2, 0.25) is 0 Å². The first-order valence-corrected chi connectivity index (χ1v) is 10.3. The molecule has 0 unspecified atom stereocenters. The van der Waals surface area contributed by atoms with Crippen LogP contribution in [0.15, 0.2) is 42.5 Å².